The summed E-state index contributed by atoms with van der Waals surface area (Å²) in [4.78, 5) is 27.8. The van der Waals surface area contributed by atoms with Crippen molar-refractivity contribution >= 4 is 11.9 Å². The van der Waals surface area contributed by atoms with E-state index in [0.29, 0.717) is 30.5 Å². The van der Waals surface area contributed by atoms with Crippen molar-refractivity contribution in [1.82, 2.24) is 15.5 Å². The third kappa shape index (κ3) is 2.84. The van der Waals surface area contributed by atoms with Crippen LogP contribution in [0, 0.1) is 17.8 Å². The Bertz CT molecular complexity index is 579. The van der Waals surface area contributed by atoms with Crippen LogP contribution in [0.1, 0.15) is 63.2 Å². The monoisotopic (exact) mass is 307 g/mol. The van der Waals surface area contributed by atoms with Gasteiger partial charge in [0.2, 0.25) is 11.8 Å². The number of carboxylic acid groups (broad SMARTS) is 1. The Hall–Kier alpha value is -1.92. The molecule has 2 aliphatic carbocycles. The van der Waals surface area contributed by atoms with E-state index in [9.17, 15) is 9.59 Å². The largest absolute Gasteiger partial charge is 0.481 e. The Morgan fingerprint density at radius 1 is 1.23 bits per heavy atom. The topological polar surface area (TPSA) is 105 Å². The molecule has 1 aromatic rings. The molecular weight excluding hydrogens is 286 g/mol. The number of hydrogen-bond acceptors (Lipinski definition) is 5. The first kappa shape index (κ1) is 15.0. The van der Waals surface area contributed by atoms with E-state index in [1.54, 1.807) is 0 Å². The van der Waals surface area contributed by atoms with Crippen molar-refractivity contribution in [2.24, 2.45) is 17.8 Å². The number of carbonyl (C=O) groups is 2. The van der Waals surface area contributed by atoms with Gasteiger partial charge in [-0.15, -0.1) is 0 Å². The maximum absolute atomic E-state index is 12.3. The van der Waals surface area contributed by atoms with Crippen LogP contribution in [-0.4, -0.2) is 27.1 Å². The fourth-order valence-electron chi connectivity index (χ4n) is 2.76. The van der Waals surface area contributed by atoms with Gasteiger partial charge in [-0.1, -0.05) is 19.0 Å². The number of rotatable bonds is 6. The van der Waals surface area contributed by atoms with Crippen molar-refractivity contribution in [3.63, 3.8) is 0 Å². The van der Waals surface area contributed by atoms with Crippen molar-refractivity contribution in [3.05, 3.63) is 11.7 Å². The molecule has 2 aliphatic rings. The Morgan fingerprint density at radius 3 is 2.41 bits per heavy atom. The van der Waals surface area contributed by atoms with Crippen LogP contribution in [-0.2, 0) is 9.59 Å². The van der Waals surface area contributed by atoms with E-state index in [-0.39, 0.29) is 17.9 Å². The van der Waals surface area contributed by atoms with Crippen molar-refractivity contribution < 1.29 is 19.2 Å². The smallest absolute Gasteiger partial charge is 0.307 e. The average molecular weight is 307 g/mol. The summed E-state index contributed by atoms with van der Waals surface area (Å²) >= 11 is 0. The Labute approximate surface area is 128 Å². The fourth-order valence-corrected chi connectivity index (χ4v) is 2.76. The number of nitrogens with zero attached hydrogens (tertiary/aromatic N) is 2. The van der Waals surface area contributed by atoms with Crippen LogP contribution in [0.2, 0.25) is 0 Å². The molecule has 120 valence electrons. The van der Waals surface area contributed by atoms with Crippen molar-refractivity contribution in [2.45, 2.75) is 51.5 Å². The van der Waals surface area contributed by atoms with Crippen LogP contribution in [0.5, 0.6) is 0 Å². The van der Waals surface area contributed by atoms with Crippen molar-refractivity contribution in [1.29, 1.82) is 0 Å². The van der Waals surface area contributed by atoms with Gasteiger partial charge in [0.05, 0.1) is 11.8 Å². The van der Waals surface area contributed by atoms with Gasteiger partial charge in [0, 0.05) is 5.92 Å². The van der Waals surface area contributed by atoms with Crippen LogP contribution in [0.3, 0.4) is 0 Å². The van der Waals surface area contributed by atoms with Crippen LogP contribution in [0.4, 0.5) is 0 Å². The number of amides is 1. The average Bonchev–Trinajstić information content (AvgIpc) is 3.12. The molecule has 3 atom stereocenters. The maximum Gasteiger partial charge on any atom is 0.307 e. The summed E-state index contributed by atoms with van der Waals surface area (Å²) in [6.07, 6.45) is 3.34. The second kappa shape index (κ2) is 5.70. The lowest BCUT2D eigenvalue weighted by atomic mass is 9.73. The zero-order valence-corrected chi connectivity index (χ0v) is 12.8. The van der Waals surface area contributed by atoms with Crippen molar-refractivity contribution in [2.75, 3.05) is 0 Å². The zero-order chi connectivity index (χ0) is 15.9. The summed E-state index contributed by atoms with van der Waals surface area (Å²) in [5.74, 6) is -0.561. The molecule has 7 heteroatoms. The highest BCUT2D eigenvalue weighted by molar-refractivity contribution is 5.86. The molecule has 1 aromatic heterocycles. The molecule has 0 spiro atoms. The summed E-state index contributed by atoms with van der Waals surface area (Å²) in [7, 11) is 0. The highest BCUT2D eigenvalue weighted by Gasteiger charge is 2.42. The molecule has 1 heterocycles. The lowest BCUT2D eigenvalue weighted by Gasteiger charge is -2.33. The number of aromatic nitrogens is 2. The van der Waals surface area contributed by atoms with E-state index in [1.807, 2.05) is 13.8 Å². The van der Waals surface area contributed by atoms with E-state index in [1.165, 1.54) is 0 Å². The quantitative estimate of drug-likeness (QED) is 0.831. The summed E-state index contributed by atoms with van der Waals surface area (Å²) in [6.45, 7) is 3.92. The van der Waals surface area contributed by atoms with E-state index < -0.39 is 17.8 Å². The normalized spacial score (nSPS) is 25.6. The molecule has 0 aromatic carbocycles. The minimum Gasteiger partial charge on any atom is -0.481 e. The van der Waals surface area contributed by atoms with Crippen LogP contribution in [0.25, 0.3) is 0 Å². The molecule has 2 fully saturated rings. The SMILES string of the molecule is CC(C)C(NC(=O)C1CCC1C(=O)O)c1nc(C2CC2)no1. The summed E-state index contributed by atoms with van der Waals surface area (Å²) in [6, 6.07) is -0.373. The van der Waals surface area contributed by atoms with Crippen LogP contribution >= 0.6 is 0 Å². The second-order valence-electron chi connectivity index (χ2n) is 6.62. The van der Waals surface area contributed by atoms with E-state index in [2.05, 4.69) is 15.5 Å². The first-order chi connectivity index (χ1) is 10.5. The lowest BCUT2D eigenvalue weighted by molar-refractivity contribution is -0.153. The highest BCUT2D eigenvalue weighted by Crippen LogP contribution is 2.39. The van der Waals surface area contributed by atoms with Gasteiger partial charge in [0.25, 0.3) is 0 Å². The number of hydrogen-bond donors (Lipinski definition) is 2. The molecule has 3 rings (SSSR count). The third-order valence-corrected chi connectivity index (χ3v) is 4.56. The van der Waals surface area contributed by atoms with Gasteiger partial charge in [0.15, 0.2) is 5.82 Å². The van der Waals surface area contributed by atoms with Gasteiger partial charge in [0.1, 0.15) is 6.04 Å². The van der Waals surface area contributed by atoms with E-state index in [4.69, 9.17) is 9.63 Å². The predicted molar refractivity (Wildman–Crippen MR) is 75.8 cm³/mol. The van der Waals surface area contributed by atoms with Gasteiger partial charge >= 0.3 is 5.97 Å². The van der Waals surface area contributed by atoms with Gasteiger partial charge in [-0.2, -0.15) is 4.98 Å². The van der Waals surface area contributed by atoms with Crippen molar-refractivity contribution in [3.8, 4) is 0 Å². The summed E-state index contributed by atoms with van der Waals surface area (Å²) < 4.78 is 5.30. The predicted octanol–water partition coefficient (Wildman–Crippen LogP) is 1.87. The number of aliphatic carboxylic acids is 1. The molecule has 2 saturated carbocycles. The van der Waals surface area contributed by atoms with E-state index >= 15 is 0 Å². The van der Waals surface area contributed by atoms with Crippen LogP contribution in [0.15, 0.2) is 4.52 Å². The molecule has 3 unspecified atom stereocenters. The van der Waals surface area contributed by atoms with E-state index in [0.717, 1.165) is 12.8 Å². The fraction of sp³-hybridized carbons (Fsp3) is 0.733. The number of carboxylic acids is 1. The second-order valence-corrected chi connectivity index (χ2v) is 6.62. The maximum atomic E-state index is 12.3. The van der Waals surface area contributed by atoms with Gasteiger partial charge < -0.3 is 14.9 Å². The first-order valence-electron chi connectivity index (χ1n) is 7.84. The number of carbonyl (C=O) groups excluding carboxylic acids is 1. The minimum absolute atomic E-state index is 0.0832. The van der Waals surface area contributed by atoms with Crippen LogP contribution < -0.4 is 5.32 Å². The molecule has 2 N–H and O–H groups in total. The summed E-state index contributed by atoms with van der Waals surface area (Å²) in [5, 5.41) is 15.9. The third-order valence-electron chi connectivity index (χ3n) is 4.56. The van der Waals surface area contributed by atoms with Gasteiger partial charge in [-0.25, -0.2) is 0 Å². The minimum atomic E-state index is -0.902. The van der Waals surface area contributed by atoms with Gasteiger partial charge in [-0.3, -0.25) is 9.59 Å². The Morgan fingerprint density at radius 2 is 1.91 bits per heavy atom. The van der Waals surface area contributed by atoms with Gasteiger partial charge in [-0.05, 0) is 31.6 Å². The Balaban J connectivity index is 1.68. The molecule has 7 nitrogen and oxygen atoms in total. The summed E-state index contributed by atoms with van der Waals surface area (Å²) in [5.41, 5.74) is 0. The first-order valence-corrected chi connectivity index (χ1v) is 7.84. The molecular formula is C15H21N3O4. The zero-order valence-electron chi connectivity index (χ0n) is 12.8. The molecule has 22 heavy (non-hydrogen) atoms. The molecule has 0 radical (unpaired) electrons. The molecule has 0 bridgehead atoms. The molecule has 0 saturated heterocycles. The standard InChI is InChI=1S/C15H21N3O4/c1-7(2)11(14-17-12(18-22-14)8-3-4-8)16-13(19)9-5-6-10(9)15(20)21/h7-11H,3-6H2,1-2H3,(H,16,19)(H,20,21). The lowest BCUT2D eigenvalue weighted by Crippen LogP contribution is -2.46. The number of nitrogens with one attached hydrogen (secondary N) is 1. The Kier molecular flexibility index (Phi) is 3.88. The molecule has 1 amide bonds. The highest BCUT2D eigenvalue weighted by atomic mass is 16.5. The molecule has 0 aliphatic heterocycles.